The summed E-state index contributed by atoms with van der Waals surface area (Å²) in [6.07, 6.45) is 14.3. The van der Waals surface area contributed by atoms with Crippen LogP contribution in [0, 0.1) is 0 Å². The maximum atomic E-state index is 6.66. The van der Waals surface area contributed by atoms with Gasteiger partial charge in [0.2, 0.25) is 0 Å². The van der Waals surface area contributed by atoms with Crippen LogP contribution < -0.4 is 5.73 Å². The molecule has 2 N–H and O–H groups in total. The molecule has 0 aliphatic carbocycles. The number of nitrogens with two attached hydrogens (primary N) is 1. The number of rotatable bonds is 9. The van der Waals surface area contributed by atoms with Crippen LogP contribution in [0.3, 0.4) is 0 Å². The topological polar surface area (TPSA) is 26.0 Å². The van der Waals surface area contributed by atoms with E-state index in [2.05, 4.69) is 12.7 Å². The summed E-state index contributed by atoms with van der Waals surface area (Å²) in [6, 6.07) is 0. The molecule has 0 radical (unpaired) electrons. The van der Waals surface area contributed by atoms with Gasteiger partial charge in [-0.1, -0.05) is 51.5 Å². The van der Waals surface area contributed by atoms with Crippen LogP contribution in [0.2, 0.25) is 1.41 Å². The maximum Gasteiger partial charge on any atom is 0.156 e. The van der Waals surface area contributed by atoms with Crippen molar-refractivity contribution in [2.75, 3.05) is 0 Å². The molecule has 0 spiro atoms. The molecule has 1 nitrogen and oxygen atoms in total. The summed E-state index contributed by atoms with van der Waals surface area (Å²) in [4.78, 5) is 0. The van der Waals surface area contributed by atoms with Gasteiger partial charge in [0.05, 0.1) is 0 Å². The van der Waals surface area contributed by atoms with Gasteiger partial charge in [0.15, 0.2) is 1.41 Å². The maximum absolute atomic E-state index is 6.66. The Balaban J connectivity index is 2.87. The largest absolute Gasteiger partial charge is 0.405 e. The van der Waals surface area contributed by atoms with Crippen molar-refractivity contribution in [3.05, 3.63) is 12.3 Å². The van der Waals surface area contributed by atoms with Gasteiger partial charge >= 0.3 is 0 Å². The molecule has 0 atom stereocenters. The molecule has 0 fully saturated rings. The SMILES string of the molecule is [2H]NC=CCCCCCCCCC. The van der Waals surface area contributed by atoms with E-state index < -0.39 is 0 Å². The fraction of sp³-hybridized carbons (Fsp3) is 0.818. The van der Waals surface area contributed by atoms with Crippen molar-refractivity contribution in [2.45, 2.75) is 58.3 Å². The first kappa shape index (κ1) is 9.63. The number of unbranched alkanes of at least 4 members (excludes halogenated alkanes) is 7. The summed E-state index contributed by atoms with van der Waals surface area (Å²) in [5.74, 6) is 0. The molecule has 0 aliphatic rings. The molecular weight excluding hydrogens is 146 g/mol. The first-order valence-electron chi connectivity index (χ1n) is 5.74. The van der Waals surface area contributed by atoms with E-state index in [4.69, 9.17) is 1.41 Å². The average molecular weight is 170 g/mol. The summed E-state index contributed by atoms with van der Waals surface area (Å²) in [5, 5.41) is 0. The second-order valence-corrected chi connectivity index (χ2v) is 3.31. The van der Waals surface area contributed by atoms with E-state index in [0.717, 1.165) is 6.42 Å². The predicted molar refractivity (Wildman–Crippen MR) is 55.9 cm³/mol. The number of hydrogen-bond donors (Lipinski definition) is 1. The van der Waals surface area contributed by atoms with Gasteiger partial charge in [-0.15, -0.1) is 0 Å². The summed E-state index contributed by atoms with van der Waals surface area (Å²) >= 11 is 0. The normalized spacial score (nSPS) is 11.9. The molecule has 0 unspecified atom stereocenters. The highest BCUT2D eigenvalue weighted by Gasteiger charge is 1.88. The lowest BCUT2D eigenvalue weighted by Crippen LogP contribution is -1.80. The molecule has 72 valence electrons. The first-order chi connectivity index (χ1) is 6.41. The van der Waals surface area contributed by atoms with Gasteiger partial charge in [-0.2, -0.15) is 0 Å². The summed E-state index contributed by atoms with van der Waals surface area (Å²) in [5.41, 5.74) is 2.26. The van der Waals surface area contributed by atoms with Gasteiger partial charge < -0.3 is 5.73 Å². The van der Waals surface area contributed by atoms with Gasteiger partial charge in [0.25, 0.3) is 0 Å². The van der Waals surface area contributed by atoms with Crippen LogP contribution in [0.1, 0.15) is 58.3 Å². The average Bonchev–Trinajstić information content (AvgIpc) is 2.16. The van der Waals surface area contributed by atoms with Crippen LogP contribution in [0.25, 0.3) is 0 Å². The molecule has 0 aromatic rings. The van der Waals surface area contributed by atoms with E-state index in [1.807, 2.05) is 6.08 Å². The van der Waals surface area contributed by atoms with Crippen molar-refractivity contribution >= 4 is 0 Å². The quantitative estimate of drug-likeness (QED) is 0.526. The van der Waals surface area contributed by atoms with E-state index in [0.29, 0.717) is 0 Å². The second kappa shape index (κ2) is 10.5. The van der Waals surface area contributed by atoms with Crippen LogP contribution in [-0.2, 0) is 0 Å². The van der Waals surface area contributed by atoms with E-state index in [-0.39, 0.29) is 0 Å². The van der Waals surface area contributed by atoms with Crippen LogP contribution in [-0.4, -0.2) is 0 Å². The second-order valence-electron chi connectivity index (χ2n) is 3.31. The predicted octanol–water partition coefficient (Wildman–Crippen LogP) is 3.60. The minimum absolute atomic E-state index is 1.11. The van der Waals surface area contributed by atoms with Crippen LogP contribution in [0.4, 0.5) is 0 Å². The Morgan fingerprint density at radius 3 is 2.42 bits per heavy atom. The Hall–Kier alpha value is -0.460. The Labute approximate surface area is 78.5 Å². The van der Waals surface area contributed by atoms with Crippen LogP contribution in [0.5, 0.6) is 0 Å². The third-order valence-corrected chi connectivity index (χ3v) is 2.09. The molecule has 0 saturated carbocycles. The Kier molecular flexibility index (Phi) is 8.46. The first-order valence-corrected chi connectivity index (χ1v) is 5.24. The molecule has 0 heterocycles. The number of allylic oxidation sites excluding steroid dienone is 1. The molecule has 0 aliphatic heterocycles. The van der Waals surface area contributed by atoms with Crippen molar-refractivity contribution in [2.24, 2.45) is 5.73 Å². The Morgan fingerprint density at radius 2 is 1.75 bits per heavy atom. The lowest BCUT2D eigenvalue weighted by Gasteiger charge is -1.98. The zero-order chi connectivity index (χ0) is 9.78. The molecule has 12 heavy (non-hydrogen) atoms. The van der Waals surface area contributed by atoms with Gasteiger partial charge in [-0.25, -0.2) is 0 Å². The van der Waals surface area contributed by atoms with E-state index in [1.165, 1.54) is 44.9 Å². The Bertz CT molecular complexity index is 113. The standard InChI is InChI=1S/C11H23N/c1-2-3-4-5-6-7-8-9-10-11-12/h10-11H,2-9,12H2,1H3/i/hD. The zero-order valence-electron chi connectivity index (χ0n) is 9.31. The number of hydrogen-bond acceptors (Lipinski definition) is 1. The molecule has 0 aromatic heterocycles. The van der Waals surface area contributed by atoms with E-state index in [9.17, 15) is 0 Å². The van der Waals surface area contributed by atoms with E-state index in [1.54, 1.807) is 6.20 Å². The van der Waals surface area contributed by atoms with Crippen LogP contribution >= 0.6 is 0 Å². The highest BCUT2D eigenvalue weighted by molar-refractivity contribution is 4.74. The lowest BCUT2D eigenvalue weighted by molar-refractivity contribution is 0.592. The minimum atomic E-state index is 1.11. The van der Waals surface area contributed by atoms with Crippen molar-refractivity contribution in [3.63, 3.8) is 0 Å². The lowest BCUT2D eigenvalue weighted by atomic mass is 10.1. The smallest absolute Gasteiger partial charge is 0.156 e. The van der Waals surface area contributed by atoms with Crippen molar-refractivity contribution < 1.29 is 1.41 Å². The summed E-state index contributed by atoms with van der Waals surface area (Å²) in [7, 11) is 0. The summed E-state index contributed by atoms with van der Waals surface area (Å²) in [6.45, 7) is 2.25. The minimum Gasteiger partial charge on any atom is -0.405 e. The molecule has 1 heteroatoms. The molecular formula is C11H23N. The monoisotopic (exact) mass is 170 g/mol. The van der Waals surface area contributed by atoms with Gasteiger partial charge in [0, 0.05) is 0 Å². The third-order valence-electron chi connectivity index (χ3n) is 2.09. The molecule has 0 rings (SSSR count). The van der Waals surface area contributed by atoms with E-state index >= 15 is 0 Å². The summed E-state index contributed by atoms with van der Waals surface area (Å²) < 4.78 is 6.66. The molecule has 0 saturated heterocycles. The van der Waals surface area contributed by atoms with Gasteiger partial charge in [-0.05, 0) is 19.0 Å². The fourth-order valence-corrected chi connectivity index (χ4v) is 1.30. The highest BCUT2D eigenvalue weighted by atomic mass is 14.5. The van der Waals surface area contributed by atoms with Gasteiger partial charge in [-0.3, -0.25) is 0 Å². The zero-order valence-corrected chi connectivity index (χ0v) is 8.31. The van der Waals surface area contributed by atoms with Crippen molar-refractivity contribution in [1.29, 1.82) is 0 Å². The molecule has 0 bridgehead atoms. The van der Waals surface area contributed by atoms with Crippen molar-refractivity contribution in [1.82, 2.24) is 0 Å². The van der Waals surface area contributed by atoms with Gasteiger partial charge in [0.1, 0.15) is 0 Å². The third kappa shape index (κ3) is 9.54. The fourth-order valence-electron chi connectivity index (χ4n) is 1.30. The van der Waals surface area contributed by atoms with Crippen LogP contribution in [0.15, 0.2) is 12.3 Å². The van der Waals surface area contributed by atoms with Crippen molar-refractivity contribution in [3.8, 4) is 0 Å². The molecule has 0 amide bonds. The Morgan fingerprint density at radius 1 is 1.08 bits per heavy atom. The highest BCUT2D eigenvalue weighted by Crippen LogP contribution is 2.08. The molecule has 0 aromatic carbocycles.